The van der Waals surface area contributed by atoms with Gasteiger partial charge in [-0.05, 0) is 31.5 Å². The number of piperazine rings is 1. The molecule has 3 heterocycles. The number of anilines is 2. The summed E-state index contributed by atoms with van der Waals surface area (Å²) in [5.74, 6) is 0.618. The summed E-state index contributed by atoms with van der Waals surface area (Å²) in [4.78, 5) is 47.3. The summed E-state index contributed by atoms with van der Waals surface area (Å²) in [6.45, 7) is 6.57. The van der Waals surface area contributed by atoms with Crippen LogP contribution in [0.2, 0.25) is 0 Å². The van der Waals surface area contributed by atoms with E-state index >= 15 is 0 Å². The van der Waals surface area contributed by atoms with Crippen LogP contribution in [0.15, 0.2) is 58.1 Å². The van der Waals surface area contributed by atoms with E-state index in [0.717, 1.165) is 26.9 Å². The SMILES string of the molecule is Cc1ccc(Cn2c(N3CCN(C(=O)Nc4ccc(C)cc4)CC3)nc3c2c(=O)n(C)c(=O)n3C)cc1. The van der Waals surface area contributed by atoms with Crippen molar-refractivity contribution >= 4 is 28.8 Å². The molecule has 1 saturated heterocycles. The smallest absolute Gasteiger partial charge is 0.332 e. The number of benzene rings is 2. The van der Waals surface area contributed by atoms with Crippen LogP contribution in [0.4, 0.5) is 16.4 Å². The first kappa shape index (κ1) is 24.4. The number of amides is 2. The highest BCUT2D eigenvalue weighted by Crippen LogP contribution is 2.23. The third-order valence-electron chi connectivity index (χ3n) is 6.94. The van der Waals surface area contributed by atoms with Crippen LogP contribution < -0.4 is 21.5 Å². The largest absolute Gasteiger partial charge is 0.339 e. The zero-order valence-electron chi connectivity index (χ0n) is 21.6. The van der Waals surface area contributed by atoms with Gasteiger partial charge in [-0.25, -0.2) is 9.59 Å². The molecule has 10 heteroatoms. The van der Waals surface area contributed by atoms with E-state index in [-0.39, 0.29) is 11.6 Å². The number of aryl methyl sites for hydroxylation is 3. The van der Waals surface area contributed by atoms with E-state index in [1.165, 1.54) is 11.6 Å². The van der Waals surface area contributed by atoms with Crippen LogP contribution >= 0.6 is 0 Å². The second-order valence-electron chi connectivity index (χ2n) is 9.63. The molecule has 10 nitrogen and oxygen atoms in total. The summed E-state index contributed by atoms with van der Waals surface area (Å²) in [6, 6.07) is 15.7. The van der Waals surface area contributed by atoms with Gasteiger partial charge in [0.25, 0.3) is 5.56 Å². The molecule has 0 saturated carbocycles. The van der Waals surface area contributed by atoms with Gasteiger partial charge in [0.15, 0.2) is 11.2 Å². The summed E-state index contributed by atoms with van der Waals surface area (Å²) in [6.07, 6.45) is 0. The Morgan fingerprint density at radius 1 is 0.865 bits per heavy atom. The first-order valence-electron chi connectivity index (χ1n) is 12.3. The van der Waals surface area contributed by atoms with Crippen LogP contribution in [0.3, 0.4) is 0 Å². The normalized spacial score (nSPS) is 13.8. The Morgan fingerprint density at radius 3 is 2.08 bits per heavy atom. The Balaban J connectivity index is 1.44. The first-order chi connectivity index (χ1) is 17.7. The Bertz CT molecular complexity index is 1570. The number of urea groups is 1. The van der Waals surface area contributed by atoms with Crippen molar-refractivity contribution < 1.29 is 4.79 Å². The number of carbonyl (C=O) groups excluding carboxylic acids is 1. The predicted octanol–water partition coefficient (Wildman–Crippen LogP) is 2.45. The minimum atomic E-state index is -0.415. The highest BCUT2D eigenvalue weighted by atomic mass is 16.2. The number of rotatable bonds is 4. The average Bonchev–Trinajstić information content (AvgIpc) is 3.28. The second kappa shape index (κ2) is 9.61. The van der Waals surface area contributed by atoms with Crippen LogP contribution in [0.5, 0.6) is 0 Å². The van der Waals surface area contributed by atoms with Crippen LogP contribution in [0.25, 0.3) is 11.2 Å². The van der Waals surface area contributed by atoms with E-state index in [0.29, 0.717) is 49.8 Å². The molecule has 2 aromatic heterocycles. The van der Waals surface area contributed by atoms with Crippen molar-refractivity contribution in [3.05, 3.63) is 86.1 Å². The Kier molecular flexibility index (Phi) is 6.32. The fourth-order valence-corrected chi connectivity index (χ4v) is 4.65. The molecule has 0 aliphatic carbocycles. The first-order valence-corrected chi connectivity index (χ1v) is 12.3. The number of hydrogen-bond acceptors (Lipinski definition) is 5. The molecule has 1 aliphatic heterocycles. The van der Waals surface area contributed by atoms with Gasteiger partial charge in [-0.1, -0.05) is 47.5 Å². The number of carbonyl (C=O) groups is 1. The third-order valence-corrected chi connectivity index (χ3v) is 6.94. The molecule has 0 bridgehead atoms. The lowest BCUT2D eigenvalue weighted by atomic mass is 10.1. The number of hydrogen-bond donors (Lipinski definition) is 1. The molecular weight excluding hydrogens is 470 g/mol. The number of nitrogens with one attached hydrogen (secondary N) is 1. The molecule has 0 spiro atoms. The van der Waals surface area contributed by atoms with E-state index in [2.05, 4.69) is 10.2 Å². The van der Waals surface area contributed by atoms with Crippen LogP contribution in [0, 0.1) is 13.8 Å². The maximum Gasteiger partial charge on any atom is 0.332 e. The molecule has 1 N–H and O–H groups in total. The molecule has 0 radical (unpaired) electrons. The molecule has 1 aliphatic rings. The van der Waals surface area contributed by atoms with Crippen molar-refractivity contribution in [3.63, 3.8) is 0 Å². The van der Waals surface area contributed by atoms with Crippen molar-refractivity contribution in [2.75, 3.05) is 36.4 Å². The van der Waals surface area contributed by atoms with E-state index in [1.54, 1.807) is 11.9 Å². The highest BCUT2D eigenvalue weighted by molar-refractivity contribution is 5.89. The number of imidazole rings is 1. The lowest BCUT2D eigenvalue weighted by Crippen LogP contribution is -2.50. The summed E-state index contributed by atoms with van der Waals surface area (Å²) in [7, 11) is 3.11. The van der Waals surface area contributed by atoms with Gasteiger partial charge in [-0.15, -0.1) is 0 Å². The fraction of sp³-hybridized carbons (Fsp3) is 0.333. The van der Waals surface area contributed by atoms with Gasteiger partial charge in [0.05, 0.1) is 6.54 Å². The van der Waals surface area contributed by atoms with Gasteiger partial charge in [-0.2, -0.15) is 4.98 Å². The predicted molar refractivity (Wildman–Crippen MR) is 144 cm³/mol. The Hall–Kier alpha value is -4.34. The van der Waals surface area contributed by atoms with E-state index in [4.69, 9.17) is 4.98 Å². The summed E-state index contributed by atoms with van der Waals surface area (Å²) in [5, 5.41) is 2.96. The van der Waals surface area contributed by atoms with Crippen LogP contribution in [-0.2, 0) is 20.6 Å². The zero-order valence-corrected chi connectivity index (χ0v) is 21.6. The van der Waals surface area contributed by atoms with Gasteiger partial charge in [0.2, 0.25) is 5.95 Å². The average molecular weight is 502 g/mol. The molecule has 5 rings (SSSR count). The number of aromatic nitrogens is 4. The van der Waals surface area contributed by atoms with Crippen molar-refractivity contribution in [3.8, 4) is 0 Å². The number of nitrogens with zero attached hydrogens (tertiary/aromatic N) is 6. The van der Waals surface area contributed by atoms with E-state index in [1.807, 2.05) is 66.9 Å². The van der Waals surface area contributed by atoms with E-state index < -0.39 is 5.69 Å². The number of fused-ring (bicyclic) bond motifs is 1. The molecule has 2 amide bonds. The standard InChI is InChI=1S/C27H31N7O3/c1-18-5-9-20(10-6-18)17-34-22-23(30(3)27(37)31(4)24(22)35)29-25(34)32-13-15-33(16-14-32)26(36)28-21-11-7-19(2)8-12-21/h5-12H,13-17H2,1-4H3,(H,28,36). The summed E-state index contributed by atoms with van der Waals surface area (Å²) in [5.41, 5.74) is 4.02. The minimum Gasteiger partial charge on any atom is -0.339 e. The van der Waals surface area contributed by atoms with Gasteiger partial charge in [-0.3, -0.25) is 18.5 Å². The van der Waals surface area contributed by atoms with Crippen molar-refractivity contribution in [2.24, 2.45) is 14.1 Å². The lowest BCUT2D eigenvalue weighted by Gasteiger charge is -2.35. The maximum absolute atomic E-state index is 13.2. The van der Waals surface area contributed by atoms with Gasteiger partial charge < -0.3 is 15.1 Å². The molecular formula is C27H31N7O3. The minimum absolute atomic E-state index is 0.145. The Labute approximate surface area is 214 Å². The fourth-order valence-electron chi connectivity index (χ4n) is 4.65. The Morgan fingerprint density at radius 2 is 1.46 bits per heavy atom. The lowest BCUT2D eigenvalue weighted by molar-refractivity contribution is 0.208. The molecule has 2 aromatic carbocycles. The summed E-state index contributed by atoms with van der Waals surface area (Å²) < 4.78 is 4.42. The van der Waals surface area contributed by atoms with Crippen LogP contribution in [0.1, 0.15) is 16.7 Å². The van der Waals surface area contributed by atoms with Crippen molar-refractivity contribution in [2.45, 2.75) is 20.4 Å². The molecule has 37 heavy (non-hydrogen) atoms. The topological polar surface area (TPSA) is 97.4 Å². The molecule has 0 unspecified atom stereocenters. The van der Waals surface area contributed by atoms with Crippen molar-refractivity contribution in [1.82, 2.24) is 23.6 Å². The quantitative estimate of drug-likeness (QED) is 0.463. The monoisotopic (exact) mass is 501 g/mol. The van der Waals surface area contributed by atoms with Crippen LogP contribution in [-0.4, -0.2) is 55.8 Å². The zero-order chi connectivity index (χ0) is 26.3. The summed E-state index contributed by atoms with van der Waals surface area (Å²) >= 11 is 0. The molecule has 192 valence electrons. The highest BCUT2D eigenvalue weighted by Gasteiger charge is 2.27. The third kappa shape index (κ3) is 4.62. The molecule has 0 atom stereocenters. The second-order valence-corrected chi connectivity index (χ2v) is 9.63. The van der Waals surface area contributed by atoms with Gasteiger partial charge >= 0.3 is 11.7 Å². The van der Waals surface area contributed by atoms with Gasteiger partial charge in [0.1, 0.15) is 0 Å². The van der Waals surface area contributed by atoms with E-state index in [9.17, 15) is 14.4 Å². The van der Waals surface area contributed by atoms with Crippen molar-refractivity contribution in [1.29, 1.82) is 0 Å². The van der Waals surface area contributed by atoms with Gasteiger partial charge in [0, 0.05) is 46.0 Å². The molecule has 1 fully saturated rings. The molecule has 4 aromatic rings. The maximum atomic E-state index is 13.2.